The number of nitro groups is 1. The van der Waals surface area contributed by atoms with Gasteiger partial charge >= 0.3 is 0 Å². The molecule has 0 unspecified atom stereocenters. The Hall–Kier alpha value is -1.36. The number of nitro benzene ring substituents is 1. The van der Waals surface area contributed by atoms with Crippen LogP contribution < -0.4 is 4.90 Å². The van der Waals surface area contributed by atoms with Crippen LogP contribution in [-0.4, -0.2) is 18.0 Å². The second kappa shape index (κ2) is 5.65. The molecule has 1 aromatic carbocycles. The zero-order valence-corrected chi connectivity index (χ0v) is 10.6. The Morgan fingerprint density at radius 2 is 2.31 bits per heavy atom. The average molecular weight is 285 g/mol. The summed E-state index contributed by atoms with van der Waals surface area (Å²) in [6.45, 7) is 6.90. The fourth-order valence-corrected chi connectivity index (χ4v) is 1.81. The molecule has 0 N–H and O–H groups in total. The molecule has 1 rings (SSSR count). The summed E-state index contributed by atoms with van der Waals surface area (Å²) in [6.07, 6.45) is 1.73. The molecule has 0 bridgehead atoms. The van der Waals surface area contributed by atoms with E-state index in [1.54, 1.807) is 18.2 Å². The second-order valence-corrected chi connectivity index (χ2v) is 4.13. The first-order valence-corrected chi connectivity index (χ1v) is 5.69. The van der Waals surface area contributed by atoms with Crippen LogP contribution in [-0.2, 0) is 0 Å². The molecular weight excluding hydrogens is 272 g/mol. The van der Waals surface area contributed by atoms with Crippen molar-refractivity contribution in [2.75, 3.05) is 18.0 Å². The topological polar surface area (TPSA) is 46.4 Å². The summed E-state index contributed by atoms with van der Waals surface area (Å²) in [5.41, 5.74) is 0.730. The van der Waals surface area contributed by atoms with Crippen LogP contribution in [0.3, 0.4) is 0 Å². The molecule has 0 aliphatic heterocycles. The van der Waals surface area contributed by atoms with Crippen LogP contribution in [0.5, 0.6) is 0 Å². The number of likely N-dealkylation sites (N-methyl/N-ethyl adjacent to an activating group) is 1. The van der Waals surface area contributed by atoms with Gasteiger partial charge in [-0.2, -0.15) is 0 Å². The van der Waals surface area contributed by atoms with Crippen LogP contribution in [0, 0.1) is 10.1 Å². The standard InChI is InChI=1S/C11H13BrN2O2/c1-3-7-13(4-2)10-6-5-9(12)8-11(10)14(15)16/h3,5-6,8H,1,4,7H2,2H3. The molecule has 0 saturated heterocycles. The van der Waals surface area contributed by atoms with Crippen molar-refractivity contribution in [3.05, 3.63) is 45.4 Å². The first kappa shape index (κ1) is 12.7. The number of halogens is 1. The van der Waals surface area contributed by atoms with Crippen molar-refractivity contribution in [3.63, 3.8) is 0 Å². The summed E-state index contributed by atoms with van der Waals surface area (Å²) in [6, 6.07) is 5.06. The Kier molecular flexibility index (Phi) is 4.49. The SMILES string of the molecule is C=CCN(CC)c1ccc(Br)cc1[N+](=O)[O-]. The van der Waals surface area contributed by atoms with Crippen LogP contribution in [0.25, 0.3) is 0 Å². The lowest BCUT2D eigenvalue weighted by Crippen LogP contribution is -2.23. The van der Waals surface area contributed by atoms with Gasteiger partial charge in [0.2, 0.25) is 0 Å². The van der Waals surface area contributed by atoms with Gasteiger partial charge in [0.05, 0.1) is 4.92 Å². The first-order chi connectivity index (χ1) is 7.60. The van der Waals surface area contributed by atoms with Crippen LogP contribution in [0.2, 0.25) is 0 Å². The summed E-state index contributed by atoms with van der Waals surface area (Å²) in [7, 11) is 0. The van der Waals surface area contributed by atoms with E-state index in [0.29, 0.717) is 23.2 Å². The van der Waals surface area contributed by atoms with Crippen molar-refractivity contribution in [1.82, 2.24) is 0 Å². The molecule has 0 spiro atoms. The van der Waals surface area contributed by atoms with Gasteiger partial charge in [-0.3, -0.25) is 10.1 Å². The molecule has 86 valence electrons. The van der Waals surface area contributed by atoms with Crippen LogP contribution in [0.4, 0.5) is 11.4 Å². The molecule has 1 aromatic rings. The predicted octanol–water partition coefficient (Wildman–Crippen LogP) is 3.37. The van der Waals surface area contributed by atoms with Gasteiger partial charge in [0, 0.05) is 23.6 Å². The van der Waals surface area contributed by atoms with Crippen LogP contribution in [0.1, 0.15) is 6.92 Å². The molecular formula is C11H13BrN2O2. The van der Waals surface area contributed by atoms with E-state index < -0.39 is 0 Å². The molecule has 0 heterocycles. The van der Waals surface area contributed by atoms with Gasteiger partial charge in [0.1, 0.15) is 5.69 Å². The van der Waals surface area contributed by atoms with E-state index >= 15 is 0 Å². The van der Waals surface area contributed by atoms with Gasteiger partial charge in [-0.05, 0) is 19.1 Å². The number of hydrogen-bond acceptors (Lipinski definition) is 3. The number of hydrogen-bond donors (Lipinski definition) is 0. The normalized spacial score (nSPS) is 9.88. The maximum absolute atomic E-state index is 10.9. The van der Waals surface area contributed by atoms with E-state index in [9.17, 15) is 10.1 Å². The zero-order valence-electron chi connectivity index (χ0n) is 9.02. The highest BCUT2D eigenvalue weighted by molar-refractivity contribution is 9.10. The molecule has 0 aliphatic carbocycles. The third-order valence-corrected chi connectivity index (χ3v) is 2.70. The summed E-state index contributed by atoms with van der Waals surface area (Å²) in [5.74, 6) is 0. The minimum absolute atomic E-state index is 0.109. The fraction of sp³-hybridized carbons (Fsp3) is 0.273. The molecule has 0 aliphatic rings. The molecule has 0 saturated carbocycles. The van der Waals surface area contributed by atoms with E-state index in [1.807, 2.05) is 11.8 Å². The average Bonchev–Trinajstić information content (AvgIpc) is 2.26. The van der Waals surface area contributed by atoms with Gasteiger partial charge in [-0.15, -0.1) is 6.58 Å². The maximum Gasteiger partial charge on any atom is 0.293 e. The minimum Gasteiger partial charge on any atom is -0.363 e. The third-order valence-electron chi connectivity index (χ3n) is 2.21. The highest BCUT2D eigenvalue weighted by atomic mass is 79.9. The van der Waals surface area contributed by atoms with E-state index in [0.717, 1.165) is 0 Å². The molecule has 0 atom stereocenters. The largest absolute Gasteiger partial charge is 0.363 e. The lowest BCUT2D eigenvalue weighted by Gasteiger charge is -2.20. The molecule has 0 aromatic heterocycles. The Morgan fingerprint density at radius 3 is 2.81 bits per heavy atom. The Morgan fingerprint density at radius 1 is 1.62 bits per heavy atom. The zero-order chi connectivity index (χ0) is 12.1. The Labute approximate surface area is 103 Å². The molecule has 16 heavy (non-hydrogen) atoms. The molecule has 0 amide bonds. The van der Waals surface area contributed by atoms with Crippen molar-refractivity contribution in [3.8, 4) is 0 Å². The Balaban J connectivity index is 3.19. The Bertz CT molecular complexity index is 407. The van der Waals surface area contributed by atoms with Crippen molar-refractivity contribution < 1.29 is 4.92 Å². The smallest absolute Gasteiger partial charge is 0.293 e. The predicted molar refractivity (Wildman–Crippen MR) is 68.9 cm³/mol. The third kappa shape index (κ3) is 2.82. The summed E-state index contributed by atoms with van der Waals surface area (Å²) in [5, 5.41) is 10.9. The number of rotatable bonds is 5. The van der Waals surface area contributed by atoms with Crippen molar-refractivity contribution >= 4 is 27.3 Å². The number of benzene rings is 1. The molecule has 5 heteroatoms. The number of anilines is 1. The monoisotopic (exact) mass is 284 g/mol. The second-order valence-electron chi connectivity index (χ2n) is 3.22. The quantitative estimate of drug-likeness (QED) is 0.473. The van der Waals surface area contributed by atoms with Gasteiger partial charge in [0.25, 0.3) is 5.69 Å². The number of nitrogens with zero attached hydrogens (tertiary/aromatic N) is 2. The summed E-state index contributed by atoms with van der Waals surface area (Å²) >= 11 is 3.23. The molecule has 4 nitrogen and oxygen atoms in total. The van der Waals surface area contributed by atoms with Crippen molar-refractivity contribution in [2.24, 2.45) is 0 Å². The molecule has 0 radical (unpaired) electrons. The van der Waals surface area contributed by atoms with E-state index in [2.05, 4.69) is 22.5 Å². The van der Waals surface area contributed by atoms with E-state index in [-0.39, 0.29) is 10.6 Å². The van der Waals surface area contributed by atoms with Gasteiger partial charge in [-0.25, -0.2) is 0 Å². The summed E-state index contributed by atoms with van der Waals surface area (Å²) < 4.78 is 0.706. The first-order valence-electron chi connectivity index (χ1n) is 4.90. The van der Waals surface area contributed by atoms with E-state index in [1.165, 1.54) is 6.07 Å². The molecule has 0 fully saturated rings. The van der Waals surface area contributed by atoms with Gasteiger partial charge < -0.3 is 4.90 Å². The summed E-state index contributed by atoms with van der Waals surface area (Å²) in [4.78, 5) is 12.5. The maximum atomic E-state index is 10.9. The highest BCUT2D eigenvalue weighted by Crippen LogP contribution is 2.30. The van der Waals surface area contributed by atoms with Crippen molar-refractivity contribution in [2.45, 2.75) is 6.92 Å². The highest BCUT2D eigenvalue weighted by Gasteiger charge is 2.17. The van der Waals surface area contributed by atoms with Gasteiger partial charge in [-0.1, -0.05) is 22.0 Å². The minimum atomic E-state index is -0.369. The van der Waals surface area contributed by atoms with Crippen LogP contribution >= 0.6 is 15.9 Å². The fourth-order valence-electron chi connectivity index (χ4n) is 1.46. The lowest BCUT2D eigenvalue weighted by atomic mass is 10.2. The van der Waals surface area contributed by atoms with Crippen molar-refractivity contribution in [1.29, 1.82) is 0 Å². The van der Waals surface area contributed by atoms with Gasteiger partial charge in [0.15, 0.2) is 0 Å². The van der Waals surface area contributed by atoms with Crippen LogP contribution in [0.15, 0.2) is 35.3 Å². The lowest BCUT2D eigenvalue weighted by molar-refractivity contribution is -0.384. The van der Waals surface area contributed by atoms with E-state index in [4.69, 9.17) is 0 Å².